The summed E-state index contributed by atoms with van der Waals surface area (Å²) in [5, 5.41) is 15.6. The van der Waals surface area contributed by atoms with Crippen molar-refractivity contribution in [3.05, 3.63) is 77.8 Å². The summed E-state index contributed by atoms with van der Waals surface area (Å²) in [5.41, 5.74) is 3.45. The van der Waals surface area contributed by atoms with E-state index in [2.05, 4.69) is 31.7 Å². The van der Waals surface area contributed by atoms with Gasteiger partial charge in [-0.25, -0.2) is 9.97 Å². The third kappa shape index (κ3) is 5.10. The molecule has 1 atom stereocenters. The van der Waals surface area contributed by atoms with Gasteiger partial charge in [0.2, 0.25) is 6.61 Å². The Morgan fingerprint density at radius 3 is 2.97 bits per heavy atom. The van der Waals surface area contributed by atoms with Crippen LogP contribution in [0.2, 0.25) is 0 Å². The van der Waals surface area contributed by atoms with Gasteiger partial charge in [-0.3, -0.25) is 5.10 Å². The fourth-order valence-electron chi connectivity index (χ4n) is 4.29. The molecule has 1 unspecified atom stereocenters. The number of para-hydroxylation sites is 1. The molecular weight excluding hydrogens is 466 g/mol. The summed E-state index contributed by atoms with van der Waals surface area (Å²) >= 11 is 0. The van der Waals surface area contributed by atoms with E-state index in [-0.39, 0.29) is 18.4 Å². The van der Waals surface area contributed by atoms with Crippen LogP contribution in [0.25, 0.3) is 38.0 Å². The first-order valence-corrected chi connectivity index (χ1v) is 12.1. The summed E-state index contributed by atoms with van der Waals surface area (Å²) in [6, 6.07) is 24.1. The van der Waals surface area contributed by atoms with Gasteiger partial charge in [-0.05, 0) is 55.4 Å². The van der Waals surface area contributed by atoms with Crippen LogP contribution in [0, 0.1) is 12.0 Å². The lowest BCUT2D eigenvalue weighted by molar-refractivity contribution is -0.116. The third-order valence-electron chi connectivity index (χ3n) is 6.19. The Balaban J connectivity index is 1.25. The number of amides is 1. The standard InChI is InChI=1S/C28H24N7O2/c36-26(30-15-18-10-11-29-14-18)17-37-22-5-3-4-19(13-22)27-33-25-7-2-1-6-23(25)28(34-27)32-21-8-9-24-20(12-21)16-31-35-24/h1-9,12-13,16,18,29H,10-11,14,17H2,(H,31,35)(H,32,33,34)/q+1. The summed E-state index contributed by atoms with van der Waals surface area (Å²) < 4.78 is 5.71. The summed E-state index contributed by atoms with van der Waals surface area (Å²) in [4.78, 5) is 25.7. The number of anilines is 2. The van der Waals surface area contributed by atoms with Crippen LogP contribution in [-0.4, -0.2) is 45.8 Å². The first-order valence-electron chi connectivity index (χ1n) is 12.1. The number of aromatic amines is 1. The second kappa shape index (κ2) is 10.0. The van der Waals surface area contributed by atoms with Crippen LogP contribution in [0.4, 0.5) is 11.5 Å². The molecule has 182 valence electrons. The van der Waals surface area contributed by atoms with Crippen LogP contribution in [0.1, 0.15) is 6.42 Å². The highest BCUT2D eigenvalue weighted by atomic mass is 16.5. The first kappa shape index (κ1) is 22.6. The molecule has 1 fully saturated rings. The highest BCUT2D eigenvalue weighted by Crippen LogP contribution is 2.29. The molecule has 1 saturated heterocycles. The molecule has 0 aliphatic carbocycles. The zero-order chi connectivity index (χ0) is 25.0. The Morgan fingerprint density at radius 2 is 2.05 bits per heavy atom. The molecule has 37 heavy (non-hydrogen) atoms. The van der Waals surface area contributed by atoms with Gasteiger partial charge in [-0.2, -0.15) is 9.89 Å². The van der Waals surface area contributed by atoms with Gasteiger partial charge >= 0.3 is 5.91 Å². The van der Waals surface area contributed by atoms with Crippen molar-refractivity contribution in [2.24, 2.45) is 5.92 Å². The van der Waals surface area contributed by atoms with E-state index in [1.165, 1.54) is 0 Å². The number of nitrogens with one attached hydrogen (secondary N) is 3. The molecule has 0 saturated carbocycles. The summed E-state index contributed by atoms with van der Waals surface area (Å²) in [6.45, 7) is 1.58. The molecule has 2 aromatic heterocycles. The number of benzene rings is 3. The molecule has 0 bridgehead atoms. The first-order chi connectivity index (χ1) is 18.2. The van der Waals surface area contributed by atoms with Crippen LogP contribution in [0.5, 0.6) is 5.75 Å². The number of nitrogens with zero attached hydrogens (tertiary/aromatic N) is 4. The number of carbonyl (C=O) groups is 1. The van der Waals surface area contributed by atoms with Crippen LogP contribution < -0.4 is 15.4 Å². The minimum Gasteiger partial charge on any atom is -0.477 e. The summed E-state index contributed by atoms with van der Waals surface area (Å²) in [7, 11) is 0. The van der Waals surface area contributed by atoms with Gasteiger partial charge in [0, 0.05) is 33.4 Å². The molecule has 0 radical (unpaired) electrons. The fourth-order valence-corrected chi connectivity index (χ4v) is 4.29. The molecule has 5 aromatic rings. The van der Waals surface area contributed by atoms with Gasteiger partial charge in [-0.15, -0.1) is 0 Å². The van der Waals surface area contributed by atoms with Crippen molar-refractivity contribution in [3.8, 4) is 23.2 Å². The number of hydrogen-bond acceptors (Lipinski definition) is 7. The van der Waals surface area contributed by atoms with Crippen molar-refractivity contribution in [1.82, 2.24) is 25.5 Å². The molecule has 3 aromatic carbocycles. The van der Waals surface area contributed by atoms with Gasteiger partial charge < -0.3 is 15.4 Å². The number of aromatic nitrogens is 4. The highest BCUT2D eigenvalue weighted by Gasteiger charge is 2.20. The number of carbonyl (C=O) groups excluding carboxylic acids is 1. The van der Waals surface area contributed by atoms with Crippen LogP contribution in [0.3, 0.4) is 0 Å². The molecule has 3 N–H and O–H groups in total. The fraction of sp³-hybridized carbons (Fsp3) is 0.179. The van der Waals surface area contributed by atoms with E-state index in [1.807, 2.05) is 60.7 Å². The average molecular weight is 491 g/mol. The molecule has 1 amide bonds. The lowest BCUT2D eigenvalue weighted by Gasteiger charge is -2.12. The van der Waals surface area contributed by atoms with Crippen LogP contribution in [0.15, 0.2) is 72.9 Å². The molecule has 9 heteroatoms. The normalized spacial score (nSPS) is 14.9. The van der Waals surface area contributed by atoms with Gasteiger partial charge in [0.05, 0.1) is 17.2 Å². The van der Waals surface area contributed by atoms with Crippen molar-refractivity contribution >= 4 is 39.2 Å². The van der Waals surface area contributed by atoms with Crippen LogP contribution >= 0.6 is 0 Å². The second-order valence-electron chi connectivity index (χ2n) is 8.85. The van der Waals surface area contributed by atoms with E-state index in [0.717, 1.165) is 52.6 Å². The van der Waals surface area contributed by atoms with Gasteiger partial charge in [0.25, 0.3) is 6.07 Å². The van der Waals surface area contributed by atoms with E-state index >= 15 is 0 Å². The Morgan fingerprint density at radius 1 is 1.11 bits per heavy atom. The molecule has 1 aliphatic heterocycles. The molecule has 3 heterocycles. The van der Waals surface area contributed by atoms with Crippen LogP contribution in [-0.2, 0) is 4.79 Å². The van der Waals surface area contributed by atoms with E-state index in [0.29, 0.717) is 17.4 Å². The predicted octanol–water partition coefficient (Wildman–Crippen LogP) is 4.76. The monoisotopic (exact) mass is 490 g/mol. The lowest BCUT2D eigenvalue weighted by Crippen LogP contribution is -2.09. The molecule has 9 nitrogen and oxygen atoms in total. The van der Waals surface area contributed by atoms with E-state index in [9.17, 15) is 4.79 Å². The minimum atomic E-state index is -0.361. The average Bonchev–Trinajstić information content (AvgIpc) is 3.63. The van der Waals surface area contributed by atoms with E-state index in [1.54, 1.807) is 12.3 Å². The van der Waals surface area contributed by atoms with Gasteiger partial charge in [0.15, 0.2) is 5.82 Å². The number of fused-ring (bicyclic) bond motifs is 2. The molecule has 0 spiro atoms. The van der Waals surface area contributed by atoms with E-state index in [4.69, 9.17) is 14.7 Å². The SMILES string of the molecule is O=C(COc1cccc(-c2nc(Nc3ccc4[nH]ncc4c3)c3ccccc3n2)c1)[N+]#CC1CCNC1. The van der Waals surface area contributed by atoms with Crippen molar-refractivity contribution in [2.75, 3.05) is 25.0 Å². The number of ether oxygens (including phenoxy) is 1. The maximum Gasteiger partial charge on any atom is 0.552 e. The predicted molar refractivity (Wildman–Crippen MR) is 143 cm³/mol. The Labute approximate surface area is 212 Å². The minimum absolute atomic E-state index is 0.154. The molecule has 1 aliphatic rings. The molecule has 6 rings (SSSR count). The zero-order valence-electron chi connectivity index (χ0n) is 19.9. The van der Waals surface area contributed by atoms with Crippen molar-refractivity contribution in [2.45, 2.75) is 6.42 Å². The maximum atomic E-state index is 12.1. The Hall–Kier alpha value is -4.81. The van der Waals surface area contributed by atoms with Gasteiger partial charge in [-0.1, -0.05) is 24.3 Å². The topological polar surface area (TPSA) is 109 Å². The molecular formula is C28H24N7O2+. The second-order valence-corrected chi connectivity index (χ2v) is 8.85. The highest BCUT2D eigenvalue weighted by molar-refractivity contribution is 5.93. The maximum absolute atomic E-state index is 12.1. The third-order valence-corrected chi connectivity index (χ3v) is 6.19. The lowest BCUT2D eigenvalue weighted by atomic mass is 10.1. The Kier molecular flexibility index (Phi) is 6.15. The van der Waals surface area contributed by atoms with Crippen molar-refractivity contribution in [3.63, 3.8) is 0 Å². The largest absolute Gasteiger partial charge is 0.552 e. The smallest absolute Gasteiger partial charge is 0.477 e. The number of H-pyrrole nitrogens is 1. The summed E-state index contributed by atoms with van der Waals surface area (Å²) in [5.74, 6) is 1.60. The zero-order valence-corrected chi connectivity index (χ0v) is 19.9. The van der Waals surface area contributed by atoms with Gasteiger partial charge in [0.1, 0.15) is 17.5 Å². The van der Waals surface area contributed by atoms with E-state index < -0.39 is 0 Å². The van der Waals surface area contributed by atoms with Crippen molar-refractivity contribution < 1.29 is 9.53 Å². The summed E-state index contributed by atoms with van der Waals surface area (Å²) in [6.07, 6.45) is 2.73. The van der Waals surface area contributed by atoms with Crippen molar-refractivity contribution in [1.29, 1.82) is 0 Å². The number of rotatable bonds is 6. The Bertz CT molecular complexity index is 1660. The number of hydrogen-bond donors (Lipinski definition) is 3. The quantitative estimate of drug-likeness (QED) is 0.315.